The molecule has 2 aliphatic rings. The number of carbonyl (C=O) groups excluding carboxylic acids is 2. The lowest BCUT2D eigenvalue weighted by atomic mass is 9.78. The van der Waals surface area contributed by atoms with Gasteiger partial charge in [0.25, 0.3) is 0 Å². The fourth-order valence-corrected chi connectivity index (χ4v) is 3.66. The van der Waals surface area contributed by atoms with E-state index in [-0.39, 0.29) is 16.8 Å². The van der Waals surface area contributed by atoms with Gasteiger partial charge < -0.3 is 15.0 Å². The van der Waals surface area contributed by atoms with Gasteiger partial charge in [0.2, 0.25) is 5.91 Å². The van der Waals surface area contributed by atoms with Crippen LogP contribution in [0.1, 0.15) is 38.5 Å². The Morgan fingerprint density at radius 2 is 2.00 bits per heavy atom. The molecule has 1 unspecified atom stereocenters. The van der Waals surface area contributed by atoms with Crippen molar-refractivity contribution < 1.29 is 27.5 Å². The second kappa shape index (κ2) is 6.94. The van der Waals surface area contributed by atoms with Crippen LogP contribution in [0.25, 0.3) is 0 Å². The average molecular weight is 406 g/mol. The maximum absolute atomic E-state index is 13.2. The van der Waals surface area contributed by atoms with Crippen LogP contribution in [0.4, 0.5) is 18.9 Å². The number of pyridine rings is 1. The first-order chi connectivity index (χ1) is 12.5. The van der Waals surface area contributed by atoms with Gasteiger partial charge in [-0.1, -0.05) is 11.6 Å². The minimum Gasteiger partial charge on any atom is -0.448 e. The third kappa shape index (κ3) is 3.62. The number of fused-ring (bicyclic) bond motifs is 1. The number of piperidine rings is 1. The maximum atomic E-state index is 13.2. The summed E-state index contributed by atoms with van der Waals surface area (Å²) in [5, 5.41) is 3.44. The van der Waals surface area contributed by atoms with E-state index < -0.39 is 29.6 Å². The maximum Gasteiger partial charge on any atom is 0.490 e. The third-order valence-corrected chi connectivity index (χ3v) is 5.13. The van der Waals surface area contributed by atoms with Crippen molar-refractivity contribution in [3.05, 3.63) is 23.0 Å². The number of hydrogen-bond donors (Lipinski definition) is 1. The summed E-state index contributed by atoms with van der Waals surface area (Å²) in [5.41, 5.74) is -1.03. The summed E-state index contributed by atoms with van der Waals surface area (Å²) in [6.45, 7) is 4.34. The Hall–Kier alpha value is -1.87. The van der Waals surface area contributed by atoms with Gasteiger partial charge >= 0.3 is 12.1 Å². The van der Waals surface area contributed by atoms with E-state index in [0.29, 0.717) is 31.6 Å². The van der Waals surface area contributed by atoms with Gasteiger partial charge in [0, 0.05) is 12.2 Å². The lowest BCUT2D eigenvalue weighted by Gasteiger charge is -2.46. The van der Waals surface area contributed by atoms with Gasteiger partial charge in [-0.15, -0.1) is 0 Å². The van der Waals surface area contributed by atoms with Gasteiger partial charge in [0.15, 0.2) is 6.10 Å². The molecule has 1 fully saturated rings. The van der Waals surface area contributed by atoms with Crippen LogP contribution >= 0.6 is 11.6 Å². The molecule has 1 amide bonds. The van der Waals surface area contributed by atoms with Crippen LogP contribution in [-0.2, 0) is 14.3 Å². The Morgan fingerprint density at radius 1 is 1.37 bits per heavy atom. The molecule has 1 atom stereocenters. The highest BCUT2D eigenvalue weighted by Gasteiger charge is 2.54. The molecule has 3 heterocycles. The highest BCUT2D eigenvalue weighted by Crippen LogP contribution is 2.48. The number of rotatable bonds is 2. The number of halogens is 4. The van der Waals surface area contributed by atoms with Gasteiger partial charge in [-0.05, 0) is 45.8 Å². The number of carbonyl (C=O) groups is 2. The van der Waals surface area contributed by atoms with E-state index in [1.54, 1.807) is 4.90 Å². The van der Waals surface area contributed by atoms with E-state index in [1.807, 2.05) is 0 Å². The Kier molecular flexibility index (Phi) is 5.11. The third-order valence-electron chi connectivity index (χ3n) is 4.93. The SMILES string of the molecule is CC1(C)C(=O)N(C2CCNCC2)c2cc(Cl)cnc2C1OC(=O)C(F)(F)F. The van der Waals surface area contributed by atoms with Crippen molar-refractivity contribution in [2.24, 2.45) is 5.41 Å². The average Bonchev–Trinajstić information content (AvgIpc) is 2.59. The van der Waals surface area contributed by atoms with Crippen molar-refractivity contribution in [2.45, 2.75) is 45.0 Å². The molecule has 0 saturated carbocycles. The Morgan fingerprint density at radius 3 is 2.59 bits per heavy atom. The highest BCUT2D eigenvalue weighted by molar-refractivity contribution is 6.30. The minimum absolute atomic E-state index is 0.0973. The summed E-state index contributed by atoms with van der Waals surface area (Å²) in [6.07, 6.45) is -4.01. The molecule has 148 valence electrons. The number of anilines is 1. The Labute approximate surface area is 159 Å². The molecule has 1 N–H and O–H groups in total. The summed E-state index contributed by atoms with van der Waals surface area (Å²) in [6, 6.07) is 1.34. The van der Waals surface area contributed by atoms with E-state index in [0.717, 1.165) is 0 Å². The number of aromatic nitrogens is 1. The van der Waals surface area contributed by atoms with Crippen molar-refractivity contribution in [3.8, 4) is 0 Å². The number of ether oxygens (including phenoxy) is 1. The summed E-state index contributed by atoms with van der Waals surface area (Å²) < 4.78 is 42.9. The largest absolute Gasteiger partial charge is 0.490 e. The number of alkyl halides is 3. The van der Waals surface area contributed by atoms with Gasteiger partial charge in [0.05, 0.1) is 16.1 Å². The smallest absolute Gasteiger partial charge is 0.448 e. The van der Waals surface area contributed by atoms with Crippen LogP contribution in [0.3, 0.4) is 0 Å². The molecule has 0 bridgehead atoms. The number of nitrogens with zero attached hydrogens (tertiary/aromatic N) is 2. The van der Waals surface area contributed by atoms with E-state index in [1.165, 1.54) is 26.1 Å². The molecule has 27 heavy (non-hydrogen) atoms. The van der Waals surface area contributed by atoms with E-state index in [9.17, 15) is 22.8 Å². The van der Waals surface area contributed by atoms with Gasteiger partial charge in [0.1, 0.15) is 5.69 Å². The monoisotopic (exact) mass is 405 g/mol. The molecule has 1 saturated heterocycles. The van der Waals surface area contributed by atoms with Crippen LogP contribution in [-0.4, -0.2) is 42.2 Å². The molecule has 0 radical (unpaired) electrons. The number of nitrogens with one attached hydrogen (secondary N) is 1. The molecule has 2 aliphatic heterocycles. The van der Waals surface area contributed by atoms with Crippen LogP contribution < -0.4 is 10.2 Å². The lowest BCUT2D eigenvalue weighted by Crippen LogP contribution is -2.56. The summed E-state index contributed by atoms with van der Waals surface area (Å²) >= 11 is 6.03. The quantitative estimate of drug-likeness (QED) is 0.766. The van der Waals surface area contributed by atoms with Crippen molar-refractivity contribution in [2.75, 3.05) is 18.0 Å². The second-order valence-corrected chi connectivity index (χ2v) is 7.66. The summed E-state index contributed by atoms with van der Waals surface area (Å²) in [7, 11) is 0. The lowest BCUT2D eigenvalue weighted by molar-refractivity contribution is -0.211. The molecule has 3 rings (SSSR count). The second-order valence-electron chi connectivity index (χ2n) is 7.22. The van der Waals surface area contributed by atoms with Crippen molar-refractivity contribution >= 4 is 29.2 Å². The fraction of sp³-hybridized carbons (Fsp3) is 0.588. The summed E-state index contributed by atoms with van der Waals surface area (Å²) in [5.74, 6) is -2.78. The number of amides is 1. The molecule has 10 heteroatoms. The first-order valence-corrected chi connectivity index (χ1v) is 8.89. The fourth-order valence-electron chi connectivity index (χ4n) is 3.51. The topological polar surface area (TPSA) is 71.5 Å². The minimum atomic E-state index is -5.17. The molecule has 0 aromatic carbocycles. The zero-order valence-electron chi connectivity index (χ0n) is 14.8. The molecular weight excluding hydrogens is 387 g/mol. The zero-order valence-corrected chi connectivity index (χ0v) is 15.5. The molecule has 0 aliphatic carbocycles. The molecular formula is C17H19ClF3N3O3. The van der Waals surface area contributed by atoms with Crippen LogP contribution in [0.2, 0.25) is 5.02 Å². The van der Waals surface area contributed by atoms with E-state index in [2.05, 4.69) is 10.3 Å². The number of hydrogen-bond acceptors (Lipinski definition) is 5. The predicted molar refractivity (Wildman–Crippen MR) is 91.3 cm³/mol. The molecule has 1 aromatic heterocycles. The van der Waals surface area contributed by atoms with Crippen molar-refractivity contribution in [3.63, 3.8) is 0 Å². The van der Waals surface area contributed by atoms with Crippen LogP contribution in [0.15, 0.2) is 12.3 Å². The normalized spacial score (nSPS) is 23.1. The standard InChI is InChI=1S/C17H19ClF3N3O3/c1-16(2)13(27-15(26)17(19,20)21)12-11(7-9(18)8-23-12)24(14(16)25)10-3-5-22-6-4-10/h7-8,10,13,22H,3-6H2,1-2H3. The van der Waals surface area contributed by atoms with Crippen LogP contribution in [0.5, 0.6) is 0 Å². The first-order valence-electron chi connectivity index (χ1n) is 8.51. The van der Waals surface area contributed by atoms with E-state index >= 15 is 0 Å². The van der Waals surface area contributed by atoms with Crippen molar-refractivity contribution in [1.82, 2.24) is 10.3 Å². The Balaban J connectivity index is 2.08. The molecule has 1 aromatic rings. The predicted octanol–water partition coefficient (Wildman–Crippen LogP) is 3.01. The van der Waals surface area contributed by atoms with Gasteiger partial charge in [-0.3, -0.25) is 9.78 Å². The van der Waals surface area contributed by atoms with E-state index in [4.69, 9.17) is 16.3 Å². The Bertz CT molecular complexity index is 764. The van der Waals surface area contributed by atoms with Gasteiger partial charge in [-0.2, -0.15) is 13.2 Å². The van der Waals surface area contributed by atoms with Crippen molar-refractivity contribution in [1.29, 1.82) is 0 Å². The highest BCUT2D eigenvalue weighted by atomic mass is 35.5. The van der Waals surface area contributed by atoms with Crippen LogP contribution in [0, 0.1) is 5.41 Å². The molecule has 6 nitrogen and oxygen atoms in total. The first kappa shape index (κ1) is 19.9. The zero-order chi connectivity index (χ0) is 20.0. The van der Waals surface area contributed by atoms with Gasteiger partial charge in [-0.25, -0.2) is 4.79 Å². The molecule has 0 spiro atoms. The summed E-state index contributed by atoms with van der Waals surface area (Å²) in [4.78, 5) is 30.4. The number of esters is 1.